The van der Waals surface area contributed by atoms with Gasteiger partial charge in [-0.3, -0.25) is 4.90 Å². The molecule has 1 aromatic rings. The molecule has 0 aromatic heterocycles. The Kier molecular flexibility index (Phi) is 3.76. The molecule has 1 aliphatic heterocycles. The molecule has 0 amide bonds. The van der Waals surface area contributed by atoms with Crippen molar-refractivity contribution in [3.05, 3.63) is 34.9 Å². The summed E-state index contributed by atoms with van der Waals surface area (Å²) in [5, 5.41) is 9.11. The summed E-state index contributed by atoms with van der Waals surface area (Å²) < 4.78 is 0. The second-order valence-electron chi connectivity index (χ2n) is 5.97. The Labute approximate surface area is 120 Å². The number of carboxylic acid groups (broad SMARTS) is 1. The van der Waals surface area contributed by atoms with Crippen LogP contribution in [-0.2, 0) is 6.42 Å². The Hall–Kier alpha value is -1.39. The summed E-state index contributed by atoms with van der Waals surface area (Å²) in [5.74, 6) is -0.825. The average molecular weight is 274 g/mol. The van der Waals surface area contributed by atoms with E-state index in [0.717, 1.165) is 39.0 Å². The molecule has 4 heteroatoms. The Morgan fingerprint density at radius 3 is 2.70 bits per heavy atom. The highest BCUT2D eigenvalue weighted by Gasteiger charge is 2.28. The Bertz CT molecular complexity index is 507. The monoisotopic (exact) mass is 274 g/mol. The molecule has 1 aromatic carbocycles. The van der Waals surface area contributed by atoms with Crippen LogP contribution in [0.25, 0.3) is 0 Å². The van der Waals surface area contributed by atoms with E-state index in [1.807, 2.05) is 12.1 Å². The second kappa shape index (κ2) is 5.54. The lowest BCUT2D eigenvalue weighted by Crippen LogP contribution is -2.46. The van der Waals surface area contributed by atoms with Gasteiger partial charge in [-0.2, -0.15) is 0 Å². The first-order valence-corrected chi connectivity index (χ1v) is 7.44. The molecule has 0 radical (unpaired) electrons. The maximum atomic E-state index is 11.1. The van der Waals surface area contributed by atoms with Gasteiger partial charge >= 0.3 is 5.97 Å². The van der Waals surface area contributed by atoms with Gasteiger partial charge in [-0.1, -0.05) is 6.07 Å². The number of carbonyl (C=O) groups is 1. The van der Waals surface area contributed by atoms with Crippen LogP contribution < -0.4 is 0 Å². The highest BCUT2D eigenvalue weighted by molar-refractivity contribution is 5.88. The van der Waals surface area contributed by atoms with Crippen LogP contribution in [0.15, 0.2) is 18.2 Å². The molecule has 1 N–H and O–H groups in total. The van der Waals surface area contributed by atoms with Crippen molar-refractivity contribution >= 4 is 5.97 Å². The summed E-state index contributed by atoms with van der Waals surface area (Å²) in [7, 11) is 2.17. The molecule has 0 saturated carbocycles. The molecule has 1 saturated heterocycles. The topological polar surface area (TPSA) is 43.8 Å². The number of likely N-dealkylation sites (N-methyl/N-ethyl adjacent to an activating group) is 1. The zero-order valence-electron chi connectivity index (χ0n) is 12.0. The summed E-state index contributed by atoms with van der Waals surface area (Å²) in [4.78, 5) is 16.0. The Morgan fingerprint density at radius 1 is 1.25 bits per heavy atom. The number of hydrogen-bond acceptors (Lipinski definition) is 3. The summed E-state index contributed by atoms with van der Waals surface area (Å²) in [5.41, 5.74) is 3.01. The molecule has 2 aliphatic rings. The predicted molar refractivity (Wildman–Crippen MR) is 78.2 cm³/mol. The van der Waals surface area contributed by atoms with Crippen molar-refractivity contribution in [2.45, 2.75) is 25.3 Å². The van der Waals surface area contributed by atoms with E-state index >= 15 is 0 Å². The molecule has 4 nitrogen and oxygen atoms in total. The van der Waals surface area contributed by atoms with E-state index in [1.165, 1.54) is 17.5 Å². The number of piperazine rings is 1. The number of nitrogens with zero attached hydrogens (tertiary/aromatic N) is 2. The van der Waals surface area contributed by atoms with Gasteiger partial charge in [-0.15, -0.1) is 0 Å². The van der Waals surface area contributed by atoms with E-state index < -0.39 is 5.97 Å². The first-order chi connectivity index (χ1) is 9.65. The maximum absolute atomic E-state index is 11.1. The van der Waals surface area contributed by atoms with Crippen LogP contribution in [0.1, 0.15) is 40.4 Å². The molecule has 20 heavy (non-hydrogen) atoms. The van der Waals surface area contributed by atoms with E-state index in [-0.39, 0.29) is 0 Å². The van der Waals surface area contributed by atoms with Crippen LogP contribution >= 0.6 is 0 Å². The lowest BCUT2D eigenvalue weighted by atomic mass is 9.85. The first kappa shape index (κ1) is 13.6. The molecule has 0 unspecified atom stereocenters. The summed E-state index contributed by atoms with van der Waals surface area (Å²) in [6, 6.07) is 6.16. The van der Waals surface area contributed by atoms with E-state index in [9.17, 15) is 4.79 Å². The summed E-state index contributed by atoms with van der Waals surface area (Å²) in [6.45, 7) is 4.47. The van der Waals surface area contributed by atoms with Crippen LogP contribution in [0.4, 0.5) is 0 Å². The molecule has 1 aliphatic carbocycles. The second-order valence-corrected chi connectivity index (χ2v) is 5.97. The van der Waals surface area contributed by atoms with Crippen LogP contribution in [0.2, 0.25) is 0 Å². The third-order valence-corrected chi connectivity index (χ3v) is 4.65. The van der Waals surface area contributed by atoms with Gasteiger partial charge in [0.05, 0.1) is 5.56 Å². The molecule has 0 bridgehead atoms. The van der Waals surface area contributed by atoms with Gasteiger partial charge in [0.15, 0.2) is 0 Å². The van der Waals surface area contributed by atoms with Gasteiger partial charge in [0.25, 0.3) is 0 Å². The minimum absolute atomic E-state index is 0.419. The minimum Gasteiger partial charge on any atom is -0.478 e. The third kappa shape index (κ3) is 2.58. The lowest BCUT2D eigenvalue weighted by molar-refractivity contribution is 0.0696. The van der Waals surface area contributed by atoms with E-state index in [0.29, 0.717) is 11.6 Å². The van der Waals surface area contributed by atoms with Crippen molar-refractivity contribution in [3.63, 3.8) is 0 Å². The fraction of sp³-hybridized carbons (Fsp3) is 0.562. The lowest BCUT2D eigenvalue weighted by Gasteiger charge is -2.40. The first-order valence-electron chi connectivity index (χ1n) is 7.44. The zero-order chi connectivity index (χ0) is 14.1. The van der Waals surface area contributed by atoms with Crippen molar-refractivity contribution in [3.8, 4) is 0 Å². The normalized spacial score (nSPS) is 24.4. The fourth-order valence-corrected chi connectivity index (χ4v) is 3.43. The highest BCUT2D eigenvalue weighted by atomic mass is 16.4. The molecular weight excluding hydrogens is 252 g/mol. The Morgan fingerprint density at radius 2 is 2.00 bits per heavy atom. The summed E-state index contributed by atoms with van der Waals surface area (Å²) >= 11 is 0. The van der Waals surface area contributed by atoms with E-state index in [1.54, 1.807) is 6.07 Å². The van der Waals surface area contributed by atoms with Gasteiger partial charge in [-0.25, -0.2) is 4.79 Å². The quantitative estimate of drug-likeness (QED) is 0.896. The number of benzene rings is 1. The molecule has 0 spiro atoms. The van der Waals surface area contributed by atoms with Crippen molar-refractivity contribution in [2.24, 2.45) is 0 Å². The largest absolute Gasteiger partial charge is 0.478 e. The molecule has 1 atom stereocenters. The molecule has 108 valence electrons. The number of aromatic carboxylic acids is 1. The maximum Gasteiger partial charge on any atom is 0.335 e. The highest BCUT2D eigenvalue weighted by Crippen LogP contribution is 2.35. The van der Waals surface area contributed by atoms with Crippen LogP contribution in [0.5, 0.6) is 0 Å². The van der Waals surface area contributed by atoms with Crippen molar-refractivity contribution in [2.75, 3.05) is 33.2 Å². The summed E-state index contributed by atoms with van der Waals surface area (Å²) in [6.07, 6.45) is 3.37. The molecule has 1 fully saturated rings. The van der Waals surface area contributed by atoms with Gasteiger partial charge in [-0.05, 0) is 49.6 Å². The van der Waals surface area contributed by atoms with E-state index in [2.05, 4.69) is 16.8 Å². The molecule has 1 heterocycles. The zero-order valence-corrected chi connectivity index (χ0v) is 12.0. The fourth-order valence-electron chi connectivity index (χ4n) is 3.43. The van der Waals surface area contributed by atoms with E-state index in [4.69, 9.17) is 5.11 Å². The van der Waals surface area contributed by atoms with Gasteiger partial charge in [0.1, 0.15) is 0 Å². The van der Waals surface area contributed by atoms with Gasteiger partial charge in [0.2, 0.25) is 0 Å². The van der Waals surface area contributed by atoms with Crippen molar-refractivity contribution < 1.29 is 9.90 Å². The Balaban J connectivity index is 1.84. The number of carboxylic acids is 1. The van der Waals surface area contributed by atoms with Crippen LogP contribution in [-0.4, -0.2) is 54.1 Å². The molecule has 3 rings (SSSR count). The van der Waals surface area contributed by atoms with Gasteiger partial charge in [0, 0.05) is 32.2 Å². The number of hydrogen-bond donors (Lipinski definition) is 1. The van der Waals surface area contributed by atoms with Crippen molar-refractivity contribution in [1.29, 1.82) is 0 Å². The SMILES string of the molecule is CN1CCN([C@@H]2CCCc3cc(C(=O)O)ccc32)CC1. The predicted octanol–water partition coefficient (Wildman–Crippen LogP) is 2.01. The standard InChI is InChI=1S/C16H22N2O2/c1-17-7-9-18(10-8-17)15-4-2-3-12-11-13(16(19)20)5-6-14(12)15/h5-6,11,15H,2-4,7-10H2,1H3,(H,19,20)/t15-/m1/s1. The number of aryl methyl sites for hydroxylation is 1. The smallest absolute Gasteiger partial charge is 0.335 e. The van der Waals surface area contributed by atoms with Crippen LogP contribution in [0.3, 0.4) is 0 Å². The van der Waals surface area contributed by atoms with Gasteiger partial charge < -0.3 is 10.0 Å². The van der Waals surface area contributed by atoms with Crippen LogP contribution in [0, 0.1) is 0 Å². The number of rotatable bonds is 2. The molecular formula is C16H22N2O2. The third-order valence-electron chi connectivity index (χ3n) is 4.65. The average Bonchev–Trinajstić information content (AvgIpc) is 2.47. The van der Waals surface area contributed by atoms with Crippen molar-refractivity contribution in [1.82, 2.24) is 9.80 Å². The minimum atomic E-state index is -0.825. The number of fused-ring (bicyclic) bond motifs is 1.